The smallest absolute Gasteiger partial charge is 0.651 e. The van der Waals surface area contributed by atoms with Gasteiger partial charge in [-0.25, -0.2) is 0 Å². The minimum atomic E-state index is -0.588. The summed E-state index contributed by atoms with van der Waals surface area (Å²) in [6.07, 6.45) is 3.10. The molecule has 0 aliphatic rings. The molecule has 0 aromatic heterocycles. The number of ether oxygens (including phenoxy) is 2. The molecule has 0 spiro atoms. The van der Waals surface area contributed by atoms with E-state index in [-0.39, 0.29) is 148 Å². The van der Waals surface area contributed by atoms with Gasteiger partial charge in [-0.1, -0.05) is 31.2 Å². The molecule has 9 nitrogen and oxygen atoms in total. The first-order valence-electron chi connectivity index (χ1n) is 11.0. The standard InChI is InChI=1S/C24H35N3O6.2Rb/c1-4-6-24(31)33-13-5-12-32-14-11-26-22(29)17-23(30)27-20-9-7-19(8-10-20)16-21(28)15-18(2)25-3;;/h7-10,15H,4-6,11-14,16-17H2,1-3H3,(H3,25,26,27,28,29,30);;/q;2*+1/p-2. The van der Waals surface area contributed by atoms with E-state index in [0.717, 1.165) is 17.7 Å². The van der Waals surface area contributed by atoms with Crippen LogP contribution in [0.3, 0.4) is 0 Å². The molecule has 182 valence electrons. The largest absolute Gasteiger partial charge is 1.00 e. The molecule has 0 aliphatic carbocycles. The quantitative estimate of drug-likeness (QED) is 0.0927. The third kappa shape index (κ3) is 20.1. The Morgan fingerprint density at radius 1 is 1.00 bits per heavy atom. The van der Waals surface area contributed by atoms with Crippen molar-refractivity contribution in [3.63, 3.8) is 0 Å². The summed E-state index contributed by atoms with van der Waals surface area (Å²) in [5, 5.41) is 10.6. The Bertz CT molecular complexity index is 816. The predicted octanol–water partition coefficient (Wildman–Crippen LogP) is -2.50. The number of amides is 2. The van der Waals surface area contributed by atoms with Crippen LogP contribution < -0.4 is 122 Å². The Morgan fingerprint density at radius 3 is 2.31 bits per heavy atom. The van der Waals surface area contributed by atoms with Gasteiger partial charge in [0.2, 0.25) is 0 Å². The maximum Gasteiger partial charge on any atom is 1.00 e. The fraction of sp³-hybridized carbons (Fsp3) is 0.500. The topological polar surface area (TPSA) is 127 Å². The number of nitrogens with one attached hydrogen (secondary N) is 1. The van der Waals surface area contributed by atoms with Crippen LogP contribution in [-0.2, 0) is 35.1 Å². The molecule has 0 fully saturated rings. The summed E-state index contributed by atoms with van der Waals surface area (Å²) >= 11 is 0. The van der Waals surface area contributed by atoms with Crippen molar-refractivity contribution in [1.82, 2.24) is 5.32 Å². The molecular weight excluding hydrogens is 597 g/mol. The van der Waals surface area contributed by atoms with Gasteiger partial charge < -0.3 is 35.0 Å². The summed E-state index contributed by atoms with van der Waals surface area (Å²) < 4.78 is 10.3. The van der Waals surface area contributed by atoms with Crippen molar-refractivity contribution in [2.45, 2.75) is 46.0 Å². The van der Waals surface area contributed by atoms with E-state index in [1.807, 2.05) is 13.8 Å². The first-order chi connectivity index (χ1) is 15.8. The molecule has 2 amide bonds. The third-order valence-corrected chi connectivity index (χ3v) is 4.32. The number of nitrogens with zero attached hydrogens (tertiary/aromatic N) is 2. The van der Waals surface area contributed by atoms with Crippen LogP contribution in [-0.4, -0.2) is 57.0 Å². The van der Waals surface area contributed by atoms with Gasteiger partial charge in [-0.3, -0.25) is 9.59 Å². The third-order valence-electron chi connectivity index (χ3n) is 4.32. The van der Waals surface area contributed by atoms with Crippen molar-refractivity contribution in [3.05, 3.63) is 52.2 Å². The zero-order chi connectivity index (χ0) is 24.5. The number of ketones is 1. The van der Waals surface area contributed by atoms with Crippen LogP contribution >= 0.6 is 0 Å². The molecule has 11 heteroatoms. The summed E-state index contributed by atoms with van der Waals surface area (Å²) in [5.74, 6) is -1.40. The fourth-order valence-corrected chi connectivity index (χ4v) is 2.58. The molecule has 0 saturated heterocycles. The number of benzene rings is 1. The van der Waals surface area contributed by atoms with Crippen LogP contribution in [0.1, 0.15) is 45.1 Å². The maximum atomic E-state index is 12.0. The van der Waals surface area contributed by atoms with E-state index in [4.69, 9.17) is 9.47 Å². The molecule has 35 heavy (non-hydrogen) atoms. The molecule has 0 saturated carbocycles. The summed E-state index contributed by atoms with van der Waals surface area (Å²) in [4.78, 5) is 46.9. The second-order valence-electron chi connectivity index (χ2n) is 7.28. The van der Waals surface area contributed by atoms with Crippen molar-refractivity contribution < 1.29 is 145 Å². The van der Waals surface area contributed by atoms with E-state index < -0.39 is 18.2 Å². The van der Waals surface area contributed by atoms with Gasteiger partial charge in [-0.2, -0.15) is 0 Å². The van der Waals surface area contributed by atoms with Crippen molar-refractivity contribution in [1.29, 1.82) is 0 Å². The average molecular weight is 630 g/mol. The number of carbonyl (C=O) groups is 4. The van der Waals surface area contributed by atoms with Gasteiger partial charge in [0.1, 0.15) is 0 Å². The van der Waals surface area contributed by atoms with E-state index in [9.17, 15) is 19.2 Å². The second kappa shape index (κ2) is 23.5. The van der Waals surface area contributed by atoms with Crippen molar-refractivity contribution in [3.8, 4) is 0 Å². The summed E-state index contributed by atoms with van der Waals surface area (Å²) in [7, 11) is 1.75. The molecule has 0 atom stereocenters. The van der Waals surface area contributed by atoms with Gasteiger partial charge in [0.15, 0.2) is 5.78 Å². The Kier molecular flexibility index (Phi) is 25.2. The van der Waals surface area contributed by atoms with E-state index in [1.165, 1.54) is 6.08 Å². The zero-order valence-corrected chi connectivity index (χ0v) is 31.4. The summed E-state index contributed by atoms with van der Waals surface area (Å²) in [6, 6.07) is 6.70. The van der Waals surface area contributed by atoms with Gasteiger partial charge in [-0.15, -0.1) is 12.2 Å². The molecule has 0 heterocycles. The van der Waals surface area contributed by atoms with E-state index in [1.54, 1.807) is 31.3 Å². The van der Waals surface area contributed by atoms with Crippen LogP contribution in [0.2, 0.25) is 0 Å². The molecule has 0 radical (unpaired) electrons. The zero-order valence-electron chi connectivity index (χ0n) is 21.6. The molecular formula is C24H33N3O6Rb2. The first kappa shape index (κ1) is 37.6. The van der Waals surface area contributed by atoms with Crippen molar-refractivity contribution in [2.75, 3.05) is 33.4 Å². The Morgan fingerprint density at radius 2 is 1.69 bits per heavy atom. The number of hydrogen-bond acceptors (Lipinski definition) is 7. The molecule has 1 aromatic rings. The average Bonchev–Trinajstić information content (AvgIpc) is 2.76. The Balaban J connectivity index is 0. The van der Waals surface area contributed by atoms with Crippen molar-refractivity contribution in [2.24, 2.45) is 0 Å². The molecule has 1 rings (SSSR count). The van der Waals surface area contributed by atoms with Crippen molar-refractivity contribution >= 4 is 29.3 Å². The molecule has 0 aliphatic heterocycles. The van der Waals surface area contributed by atoms with Crippen LogP contribution in [0.15, 0.2) is 36.0 Å². The molecule has 0 unspecified atom stereocenters. The Labute approximate surface area is 305 Å². The number of rotatable bonds is 16. The molecule has 1 aromatic carbocycles. The summed E-state index contributed by atoms with van der Waals surface area (Å²) in [6.45, 7) is 4.79. The van der Waals surface area contributed by atoms with E-state index in [2.05, 4.69) is 16.0 Å². The second-order valence-corrected chi connectivity index (χ2v) is 7.28. The van der Waals surface area contributed by atoms with Crippen LogP contribution in [0.4, 0.5) is 5.69 Å². The van der Waals surface area contributed by atoms with Gasteiger partial charge in [-0.05, 0) is 18.9 Å². The van der Waals surface area contributed by atoms with Gasteiger partial charge >= 0.3 is 122 Å². The molecule has 1 N–H and O–H groups in total. The van der Waals surface area contributed by atoms with Gasteiger partial charge in [0.05, 0.1) is 18.4 Å². The number of allylic oxidation sites excluding steroid dienone is 2. The summed E-state index contributed by atoms with van der Waals surface area (Å²) in [5.41, 5.74) is 2.00. The maximum absolute atomic E-state index is 12.0. The first-order valence-corrected chi connectivity index (χ1v) is 11.0. The van der Waals surface area contributed by atoms with Crippen LogP contribution in [0, 0.1) is 0 Å². The van der Waals surface area contributed by atoms with Crippen LogP contribution in [0.5, 0.6) is 0 Å². The van der Waals surface area contributed by atoms with Gasteiger partial charge in [0, 0.05) is 57.7 Å². The minimum absolute atomic E-state index is 0. The van der Waals surface area contributed by atoms with Gasteiger partial charge in [0.25, 0.3) is 0 Å². The van der Waals surface area contributed by atoms with Crippen LogP contribution in [0.25, 0.3) is 10.6 Å². The van der Waals surface area contributed by atoms with E-state index in [0.29, 0.717) is 31.7 Å². The fourth-order valence-electron chi connectivity index (χ4n) is 2.58. The monoisotopic (exact) mass is 629 g/mol. The number of esters is 1. The normalized spacial score (nSPS) is 10.3. The Hall–Kier alpha value is 0.410. The predicted molar refractivity (Wildman–Crippen MR) is 125 cm³/mol. The minimum Gasteiger partial charge on any atom is -0.651 e. The van der Waals surface area contributed by atoms with E-state index >= 15 is 0 Å². The SMILES string of the molecule is CCCC(=O)OCCCOCC[N-]C(=O)CC(=O)[N-]c1ccc(CC(=O)/C=C(/C)NC)cc1.[Rb+].[Rb+]. The number of carbonyl (C=O) groups excluding carboxylic acids is 4. The molecule has 0 bridgehead atoms. The number of hydrogen-bond donors (Lipinski definition) is 1.